The summed E-state index contributed by atoms with van der Waals surface area (Å²) in [4.78, 5) is -0.236. The van der Waals surface area contributed by atoms with Gasteiger partial charge >= 0.3 is 0 Å². The summed E-state index contributed by atoms with van der Waals surface area (Å²) in [5.74, 6) is -0.752. The maximum atomic E-state index is 13.1. The van der Waals surface area contributed by atoms with Crippen LogP contribution in [0.1, 0.15) is 6.42 Å². The number of methoxy groups -OCH3 is 1. The van der Waals surface area contributed by atoms with E-state index in [1.807, 2.05) is 0 Å². The average Bonchev–Trinajstić information content (AvgIpc) is 2.29. The number of nitrogen functional groups attached to an aromatic ring is 1. The summed E-state index contributed by atoms with van der Waals surface area (Å²) < 4.78 is 43.9. The second-order valence-electron chi connectivity index (χ2n) is 3.55. The van der Waals surface area contributed by atoms with Crippen LogP contribution in [0, 0.1) is 5.82 Å². The predicted octanol–water partition coefficient (Wildman–Crippen LogP) is 1.38. The summed E-state index contributed by atoms with van der Waals surface area (Å²) in [6, 6.07) is 1.87. The first-order valence-electron chi connectivity index (χ1n) is 5.11. The molecule has 0 unspecified atom stereocenters. The van der Waals surface area contributed by atoms with Gasteiger partial charge in [0.1, 0.15) is 10.7 Å². The lowest BCUT2D eigenvalue weighted by atomic mass is 10.3. The molecule has 1 aromatic rings. The molecule has 102 valence electrons. The summed E-state index contributed by atoms with van der Waals surface area (Å²) in [6.07, 6.45) is 0.518. The van der Waals surface area contributed by atoms with Crippen LogP contribution in [0.25, 0.3) is 0 Å². The standard InChI is InChI=1S/C10H14ClFN2O3S/c1-17-4-2-3-14-18(15,16)10-6-9(13)8(12)5-7(10)11/h5-6,14H,2-4,13H2,1H3. The van der Waals surface area contributed by atoms with Crippen LogP contribution in [0.5, 0.6) is 0 Å². The molecule has 1 rings (SSSR count). The molecule has 1 aromatic carbocycles. The number of hydrogen-bond acceptors (Lipinski definition) is 4. The molecule has 0 aliphatic carbocycles. The van der Waals surface area contributed by atoms with E-state index in [9.17, 15) is 12.8 Å². The summed E-state index contributed by atoms with van der Waals surface area (Å²) in [6.45, 7) is 0.631. The third kappa shape index (κ3) is 3.81. The van der Waals surface area contributed by atoms with Gasteiger partial charge in [0.2, 0.25) is 10.0 Å². The van der Waals surface area contributed by atoms with E-state index in [1.165, 1.54) is 7.11 Å². The van der Waals surface area contributed by atoms with E-state index in [1.54, 1.807) is 0 Å². The van der Waals surface area contributed by atoms with Gasteiger partial charge in [-0.25, -0.2) is 17.5 Å². The second-order valence-corrected chi connectivity index (χ2v) is 5.69. The van der Waals surface area contributed by atoms with Crippen LogP contribution >= 0.6 is 11.6 Å². The smallest absolute Gasteiger partial charge is 0.242 e. The number of benzene rings is 1. The summed E-state index contributed by atoms with van der Waals surface area (Å²) in [5.41, 5.74) is 5.05. The molecule has 8 heteroatoms. The lowest BCUT2D eigenvalue weighted by Gasteiger charge is -2.09. The van der Waals surface area contributed by atoms with E-state index in [0.717, 1.165) is 12.1 Å². The number of sulfonamides is 1. The first kappa shape index (κ1) is 15.2. The molecule has 0 spiro atoms. The van der Waals surface area contributed by atoms with Crippen molar-refractivity contribution in [1.82, 2.24) is 4.72 Å². The zero-order valence-corrected chi connectivity index (χ0v) is 11.3. The fraction of sp³-hybridized carbons (Fsp3) is 0.400. The quantitative estimate of drug-likeness (QED) is 0.614. The first-order valence-corrected chi connectivity index (χ1v) is 6.97. The van der Waals surface area contributed by atoms with Gasteiger partial charge in [-0.05, 0) is 18.6 Å². The van der Waals surface area contributed by atoms with Crippen LogP contribution in [0.2, 0.25) is 5.02 Å². The summed E-state index contributed by atoms with van der Waals surface area (Å²) in [5, 5.41) is -0.207. The van der Waals surface area contributed by atoms with Gasteiger partial charge in [0.05, 0.1) is 10.7 Å². The Bertz CT molecular complexity index is 522. The molecule has 5 nitrogen and oxygen atoms in total. The Kier molecular flexibility index (Phi) is 5.33. The minimum absolute atomic E-state index is 0.198. The van der Waals surface area contributed by atoms with E-state index < -0.39 is 15.8 Å². The van der Waals surface area contributed by atoms with E-state index in [4.69, 9.17) is 22.1 Å². The van der Waals surface area contributed by atoms with Crippen LogP contribution in [0.15, 0.2) is 17.0 Å². The lowest BCUT2D eigenvalue weighted by molar-refractivity contribution is 0.196. The van der Waals surface area contributed by atoms with E-state index in [-0.39, 0.29) is 22.2 Å². The molecule has 0 saturated heterocycles. The van der Waals surface area contributed by atoms with E-state index >= 15 is 0 Å². The topological polar surface area (TPSA) is 81.4 Å². The Labute approximate surface area is 110 Å². The predicted molar refractivity (Wildman–Crippen MR) is 67.5 cm³/mol. The first-order chi connectivity index (χ1) is 8.38. The monoisotopic (exact) mass is 296 g/mol. The maximum Gasteiger partial charge on any atom is 0.242 e. The highest BCUT2D eigenvalue weighted by Gasteiger charge is 2.19. The molecule has 0 aliphatic rings. The van der Waals surface area contributed by atoms with Crippen LogP contribution in [-0.2, 0) is 14.8 Å². The van der Waals surface area contributed by atoms with Gasteiger partial charge in [0, 0.05) is 20.3 Å². The molecule has 0 aromatic heterocycles. The van der Waals surface area contributed by atoms with Gasteiger partial charge < -0.3 is 10.5 Å². The van der Waals surface area contributed by atoms with Gasteiger partial charge in [-0.15, -0.1) is 0 Å². The molecule has 0 atom stereocenters. The SMILES string of the molecule is COCCCNS(=O)(=O)c1cc(N)c(F)cc1Cl. The highest BCUT2D eigenvalue weighted by molar-refractivity contribution is 7.89. The van der Waals surface area contributed by atoms with Crippen molar-refractivity contribution >= 4 is 27.3 Å². The molecule has 0 fully saturated rings. The van der Waals surface area contributed by atoms with Crippen LogP contribution in [-0.4, -0.2) is 28.7 Å². The highest BCUT2D eigenvalue weighted by Crippen LogP contribution is 2.26. The normalized spacial score (nSPS) is 11.7. The molecule has 18 heavy (non-hydrogen) atoms. The molecule has 0 heterocycles. The number of ether oxygens (including phenoxy) is 1. The van der Waals surface area contributed by atoms with Crippen molar-refractivity contribution < 1.29 is 17.5 Å². The number of hydrogen-bond donors (Lipinski definition) is 2. The fourth-order valence-electron chi connectivity index (χ4n) is 1.25. The van der Waals surface area contributed by atoms with Crippen LogP contribution < -0.4 is 10.5 Å². The number of anilines is 1. The van der Waals surface area contributed by atoms with Gasteiger partial charge in [-0.1, -0.05) is 11.6 Å². The van der Waals surface area contributed by atoms with Gasteiger partial charge in [-0.2, -0.15) is 0 Å². The Hall–Kier alpha value is -0.890. The minimum Gasteiger partial charge on any atom is -0.396 e. The number of nitrogens with one attached hydrogen (secondary N) is 1. The molecule has 0 saturated carbocycles. The number of rotatable bonds is 6. The Morgan fingerprint density at radius 1 is 1.50 bits per heavy atom. The molecule has 0 aliphatic heterocycles. The van der Waals surface area contributed by atoms with Crippen molar-refractivity contribution in [2.24, 2.45) is 0 Å². The molecule has 0 radical (unpaired) electrons. The van der Waals surface area contributed by atoms with Crippen molar-refractivity contribution in [2.75, 3.05) is 26.0 Å². The molecule has 0 bridgehead atoms. The minimum atomic E-state index is -3.79. The fourth-order valence-corrected chi connectivity index (χ4v) is 2.87. The number of halogens is 2. The Morgan fingerprint density at radius 3 is 2.78 bits per heavy atom. The van der Waals surface area contributed by atoms with Crippen molar-refractivity contribution in [3.8, 4) is 0 Å². The van der Waals surface area contributed by atoms with Gasteiger partial charge in [0.25, 0.3) is 0 Å². The molecular formula is C10H14ClFN2O3S. The van der Waals surface area contributed by atoms with Gasteiger partial charge in [-0.3, -0.25) is 0 Å². The Balaban J connectivity index is 2.88. The van der Waals surface area contributed by atoms with E-state index in [0.29, 0.717) is 13.0 Å². The lowest BCUT2D eigenvalue weighted by Crippen LogP contribution is -2.26. The molecular weight excluding hydrogens is 283 g/mol. The third-order valence-corrected chi connectivity index (χ3v) is 4.08. The van der Waals surface area contributed by atoms with Crippen molar-refractivity contribution in [1.29, 1.82) is 0 Å². The van der Waals surface area contributed by atoms with Crippen molar-refractivity contribution in [2.45, 2.75) is 11.3 Å². The molecule has 0 amide bonds. The second kappa shape index (κ2) is 6.33. The largest absolute Gasteiger partial charge is 0.396 e. The molecule has 3 N–H and O–H groups in total. The average molecular weight is 297 g/mol. The zero-order valence-electron chi connectivity index (χ0n) is 9.74. The number of nitrogens with two attached hydrogens (primary N) is 1. The van der Waals surface area contributed by atoms with Gasteiger partial charge in [0.15, 0.2) is 0 Å². The van der Waals surface area contributed by atoms with Crippen LogP contribution in [0.3, 0.4) is 0 Å². The van der Waals surface area contributed by atoms with Crippen molar-refractivity contribution in [3.63, 3.8) is 0 Å². The maximum absolute atomic E-state index is 13.1. The van der Waals surface area contributed by atoms with Crippen molar-refractivity contribution in [3.05, 3.63) is 23.0 Å². The summed E-state index contributed by atoms with van der Waals surface area (Å²) >= 11 is 5.69. The Morgan fingerprint density at radius 2 is 2.17 bits per heavy atom. The zero-order chi connectivity index (χ0) is 13.8. The highest BCUT2D eigenvalue weighted by atomic mass is 35.5. The summed E-state index contributed by atoms with van der Waals surface area (Å²) in [7, 11) is -2.27. The van der Waals surface area contributed by atoms with Crippen LogP contribution in [0.4, 0.5) is 10.1 Å². The third-order valence-electron chi connectivity index (χ3n) is 2.16. The van der Waals surface area contributed by atoms with E-state index in [2.05, 4.69) is 4.72 Å².